The molecule has 1 aliphatic rings. The van der Waals surface area contributed by atoms with E-state index in [0.29, 0.717) is 49.1 Å². The van der Waals surface area contributed by atoms with Gasteiger partial charge in [0.2, 0.25) is 0 Å². The van der Waals surface area contributed by atoms with Crippen molar-refractivity contribution in [3.8, 4) is 11.5 Å². The van der Waals surface area contributed by atoms with Crippen LogP contribution in [0.5, 0.6) is 11.5 Å². The van der Waals surface area contributed by atoms with E-state index in [1.165, 1.54) is 12.1 Å². The Kier molecular flexibility index (Phi) is 6.08. The van der Waals surface area contributed by atoms with Gasteiger partial charge < -0.3 is 19.1 Å². The van der Waals surface area contributed by atoms with E-state index in [0.717, 1.165) is 5.56 Å². The molecule has 0 radical (unpaired) electrons. The summed E-state index contributed by atoms with van der Waals surface area (Å²) >= 11 is 0. The van der Waals surface area contributed by atoms with Gasteiger partial charge in [-0.05, 0) is 42.0 Å². The third-order valence-electron chi connectivity index (χ3n) is 4.38. The molecule has 142 valence electrons. The van der Waals surface area contributed by atoms with E-state index in [1.807, 2.05) is 4.90 Å². The van der Waals surface area contributed by atoms with Crippen LogP contribution in [0, 0.1) is 5.82 Å². The van der Waals surface area contributed by atoms with E-state index in [2.05, 4.69) is 0 Å². The number of morpholine rings is 1. The number of carbonyl (C=O) groups is 1. The van der Waals surface area contributed by atoms with Crippen LogP contribution >= 0.6 is 0 Å². The van der Waals surface area contributed by atoms with Crippen molar-refractivity contribution >= 4 is 17.5 Å². The second kappa shape index (κ2) is 8.68. The van der Waals surface area contributed by atoms with Gasteiger partial charge in [-0.25, -0.2) is 4.39 Å². The van der Waals surface area contributed by atoms with E-state index in [4.69, 9.17) is 14.2 Å². The van der Waals surface area contributed by atoms with Crippen molar-refractivity contribution < 1.29 is 23.4 Å². The summed E-state index contributed by atoms with van der Waals surface area (Å²) in [6, 6.07) is 9.90. The molecule has 0 saturated carbocycles. The number of halogens is 1. The summed E-state index contributed by atoms with van der Waals surface area (Å²) < 4.78 is 30.2. The van der Waals surface area contributed by atoms with Crippen molar-refractivity contribution in [2.75, 3.05) is 45.4 Å². The Morgan fingerprint density at radius 1 is 1.07 bits per heavy atom. The van der Waals surface area contributed by atoms with Crippen LogP contribution in [-0.2, 0) is 4.74 Å². The highest BCUT2D eigenvalue weighted by atomic mass is 19.1. The van der Waals surface area contributed by atoms with Crippen LogP contribution < -0.4 is 14.4 Å². The number of carbonyl (C=O) groups excluding carboxylic acids is 1. The Morgan fingerprint density at radius 3 is 2.33 bits per heavy atom. The molecule has 0 spiro atoms. The van der Waals surface area contributed by atoms with Gasteiger partial charge in [0.05, 0.1) is 33.1 Å². The van der Waals surface area contributed by atoms with Crippen LogP contribution in [0.3, 0.4) is 0 Å². The Balaban J connectivity index is 1.76. The van der Waals surface area contributed by atoms with Crippen LogP contribution in [0.25, 0.3) is 6.08 Å². The first-order valence-corrected chi connectivity index (χ1v) is 8.68. The van der Waals surface area contributed by atoms with Gasteiger partial charge in [-0.3, -0.25) is 4.79 Å². The van der Waals surface area contributed by atoms with Gasteiger partial charge in [0.15, 0.2) is 5.78 Å². The van der Waals surface area contributed by atoms with Gasteiger partial charge in [-0.15, -0.1) is 0 Å². The largest absolute Gasteiger partial charge is 0.497 e. The number of anilines is 1. The molecule has 0 atom stereocenters. The molecule has 0 amide bonds. The number of hydrogen-bond donors (Lipinski definition) is 0. The van der Waals surface area contributed by atoms with E-state index in [-0.39, 0.29) is 5.78 Å². The van der Waals surface area contributed by atoms with Crippen LogP contribution in [0.1, 0.15) is 15.9 Å². The molecule has 5 nitrogen and oxygen atoms in total. The van der Waals surface area contributed by atoms with Crippen molar-refractivity contribution in [1.82, 2.24) is 0 Å². The molecule has 6 heteroatoms. The van der Waals surface area contributed by atoms with Crippen LogP contribution in [-0.4, -0.2) is 46.3 Å². The smallest absolute Gasteiger partial charge is 0.185 e. The number of methoxy groups -OCH3 is 2. The summed E-state index contributed by atoms with van der Waals surface area (Å²) in [6.07, 6.45) is 3.07. The van der Waals surface area contributed by atoms with Crippen molar-refractivity contribution in [1.29, 1.82) is 0 Å². The first kappa shape index (κ1) is 18.9. The second-order valence-corrected chi connectivity index (χ2v) is 6.11. The average Bonchev–Trinajstić information content (AvgIpc) is 2.72. The van der Waals surface area contributed by atoms with Gasteiger partial charge >= 0.3 is 0 Å². The minimum atomic E-state index is -0.404. The van der Waals surface area contributed by atoms with Crippen LogP contribution in [0.2, 0.25) is 0 Å². The summed E-state index contributed by atoms with van der Waals surface area (Å²) in [4.78, 5) is 14.3. The van der Waals surface area contributed by atoms with Crippen LogP contribution in [0.4, 0.5) is 10.1 Å². The topological polar surface area (TPSA) is 48.0 Å². The maximum absolute atomic E-state index is 14.5. The number of hydrogen-bond acceptors (Lipinski definition) is 5. The molecule has 27 heavy (non-hydrogen) atoms. The summed E-state index contributed by atoms with van der Waals surface area (Å²) in [6.45, 7) is 2.43. The van der Waals surface area contributed by atoms with Crippen LogP contribution in [0.15, 0.2) is 42.5 Å². The molecule has 2 aromatic rings. The van der Waals surface area contributed by atoms with Crippen molar-refractivity contribution in [2.45, 2.75) is 0 Å². The monoisotopic (exact) mass is 371 g/mol. The van der Waals surface area contributed by atoms with Gasteiger partial charge in [-0.1, -0.05) is 6.08 Å². The number of allylic oxidation sites excluding steroid dienone is 1. The predicted molar refractivity (Wildman–Crippen MR) is 102 cm³/mol. The summed E-state index contributed by atoms with van der Waals surface area (Å²) in [5, 5.41) is 0. The highest BCUT2D eigenvalue weighted by Gasteiger charge is 2.16. The van der Waals surface area contributed by atoms with Crippen molar-refractivity contribution in [3.63, 3.8) is 0 Å². The average molecular weight is 371 g/mol. The van der Waals surface area contributed by atoms with Gasteiger partial charge in [-0.2, -0.15) is 0 Å². The second-order valence-electron chi connectivity index (χ2n) is 6.11. The number of ether oxygens (including phenoxy) is 3. The minimum absolute atomic E-state index is 0.274. The Morgan fingerprint density at radius 2 is 1.74 bits per heavy atom. The standard InChI is InChI=1S/C21H22FNO4/c1-25-17-11-15(12-18(14-17)26-2)3-6-21(24)16-4-5-20(19(22)13-16)23-7-9-27-10-8-23/h3-6,11-14H,7-10H2,1-2H3/b6-3+. The molecule has 2 aromatic carbocycles. The first-order valence-electron chi connectivity index (χ1n) is 8.68. The number of nitrogens with zero attached hydrogens (tertiary/aromatic N) is 1. The highest BCUT2D eigenvalue weighted by molar-refractivity contribution is 6.07. The quantitative estimate of drug-likeness (QED) is 0.574. The normalized spacial score (nSPS) is 14.4. The summed E-state index contributed by atoms with van der Waals surface area (Å²) in [5.41, 5.74) is 1.55. The Hall–Kier alpha value is -2.86. The predicted octanol–water partition coefficient (Wildman–Crippen LogP) is 3.58. The molecule has 1 aliphatic heterocycles. The van der Waals surface area contributed by atoms with Crippen molar-refractivity contribution in [2.24, 2.45) is 0 Å². The molecular weight excluding hydrogens is 349 g/mol. The SMILES string of the molecule is COc1cc(/C=C/C(=O)c2ccc(N3CCOCC3)c(F)c2)cc(OC)c1. The van der Waals surface area contributed by atoms with E-state index in [1.54, 1.807) is 50.6 Å². The fourth-order valence-corrected chi connectivity index (χ4v) is 2.91. The molecule has 0 bridgehead atoms. The third kappa shape index (κ3) is 4.65. The molecular formula is C21H22FNO4. The third-order valence-corrected chi connectivity index (χ3v) is 4.38. The van der Waals surface area contributed by atoms with E-state index < -0.39 is 5.82 Å². The Labute approximate surface area is 158 Å². The number of rotatable bonds is 6. The van der Waals surface area contributed by atoms with E-state index >= 15 is 0 Å². The Bertz CT molecular complexity index is 822. The number of benzene rings is 2. The molecule has 3 rings (SSSR count). The van der Waals surface area contributed by atoms with Crippen molar-refractivity contribution in [3.05, 3.63) is 59.4 Å². The van der Waals surface area contributed by atoms with E-state index in [9.17, 15) is 9.18 Å². The zero-order valence-corrected chi connectivity index (χ0v) is 15.4. The lowest BCUT2D eigenvalue weighted by molar-refractivity contribution is 0.104. The highest BCUT2D eigenvalue weighted by Crippen LogP contribution is 2.24. The zero-order chi connectivity index (χ0) is 19.2. The fraction of sp³-hybridized carbons (Fsp3) is 0.286. The molecule has 1 saturated heterocycles. The van der Waals surface area contributed by atoms with Gasteiger partial charge in [0.1, 0.15) is 17.3 Å². The zero-order valence-electron chi connectivity index (χ0n) is 15.4. The maximum atomic E-state index is 14.5. The molecule has 0 N–H and O–H groups in total. The summed E-state index contributed by atoms with van der Waals surface area (Å²) in [7, 11) is 3.12. The lowest BCUT2D eigenvalue weighted by atomic mass is 10.1. The lowest BCUT2D eigenvalue weighted by Crippen LogP contribution is -2.36. The molecule has 0 aromatic heterocycles. The molecule has 0 unspecified atom stereocenters. The fourth-order valence-electron chi connectivity index (χ4n) is 2.91. The van der Waals surface area contributed by atoms with Gasteiger partial charge in [0, 0.05) is 24.7 Å². The number of ketones is 1. The first-order chi connectivity index (χ1) is 13.1. The molecule has 0 aliphatic carbocycles. The molecule has 1 fully saturated rings. The van der Waals surface area contributed by atoms with Gasteiger partial charge in [0.25, 0.3) is 0 Å². The molecule has 1 heterocycles. The maximum Gasteiger partial charge on any atom is 0.185 e. The summed E-state index contributed by atoms with van der Waals surface area (Å²) in [5.74, 6) is 0.577. The lowest BCUT2D eigenvalue weighted by Gasteiger charge is -2.29. The minimum Gasteiger partial charge on any atom is -0.497 e.